The number of hydrogen-bond donors (Lipinski definition) is 1. The Labute approximate surface area is 137 Å². The molecule has 0 saturated heterocycles. The first-order valence-corrected chi connectivity index (χ1v) is 7.62. The topological polar surface area (TPSA) is 40.5 Å². The summed E-state index contributed by atoms with van der Waals surface area (Å²) in [5, 5.41) is 10.1. The fraction of sp³-hybridized carbons (Fsp3) is 0.278. The molecule has 2 aromatic rings. The van der Waals surface area contributed by atoms with Crippen molar-refractivity contribution in [2.45, 2.75) is 25.5 Å². The van der Waals surface area contributed by atoms with Gasteiger partial charge in [0.1, 0.15) is 17.5 Å². The first-order chi connectivity index (χ1) is 11.5. The van der Waals surface area contributed by atoms with E-state index in [2.05, 4.69) is 0 Å². The van der Waals surface area contributed by atoms with Crippen molar-refractivity contribution in [3.05, 3.63) is 70.5 Å². The second-order valence-corrected chi connectivity index (χ2v) is 5.83. The number of aliphatic hydroxyl groups is 1. The van der Waals surface area contributed by atoms with Crippen LogP contribution in [0, 0.1) is 17.5 Å². The summed E-state index contributed by atoms with van der Waals surface area (Å²) in [6, 6.07) is 7.52. The quantitative estimate of drug-likeness (QED) is 0.936. The molecule has 1 atom stereocenters. The zero-order chi connectivity index (χ0) is 17.3. The predicted octanol–water partition coefficient (Wildman–Crippen LogP) is 3.11. The van der Waals surface area contributed by atoms with Crippen LogP contribution in [0.1, 0.15) is 29.2 Å². The van der Waals surface area contributed by atoms with Crippen molar-refractivity contribution < 1.29 is 23.1 Å². The Morgan fingerprint density at radius 2 is 1.83 bits per heavy atom. The van der Waals surface area contributed by atoms with E-state index in [0.29, 0.717) is 11.1 Å². The number of nitrogens with zero attached hydrogens (tertiary/aromatic N) is 1. The Balaban J connectivity index is 1.71. The van der Waals surface area contributed by atoms with Crippen LogP contribution >= 0.6 is 0 Å². The van der Waals surface area contributed by atoms with Crippen molar-refractivity contribution in [2.24, 2.45) is 0 Å². The number of benzene rings is 2. The number of rotatable bonds is 3. The fourth-order valence-electron chi connectivity index (χ4n) is 2.93. The highest BCUT2D eigenvalue weighted by atomic mass is 19.1. The number of fused-ring (bicyclic) bond motifs is 1. The first-order valence-electron chi connectivity index (χ1n) is 7.62. The Morgan fingerprint density at radius 3 is 2.54 bits per heavy atom. The Morgan fingerprint density at radius 1 is 1.12 bits per heavy atom. The van der Waals surface area contributed by atoms with E-state index in [1.54, 1.807) is 0 Å². The molecular weight excluding hydrogens is 319 g/mol. The van der Waals surface area contributed by atoms with Gasteiger partial charge in [-0.1, -0.05) is 12.1 Å². The molecular formula is C18H16F3NO2. The van der Waals surface area contributed by atoms with Crippen LogP contribution in [0.2, 0.25) is 0 Å². The zero-order valence-electron chi connectivity index (χ0n) is 12.8. The van der Waals surface area contributed by atoms with Gasteiger partial charge >= 0.3 is 0 Å². The molecule has 1 N–H and O–H groups in total. The lowest BCUT2D eigenvalue weighted by Gasteiger charge is -2.30. The Hall–Kier alpha value is -2.34. The Bertz CT molecular complexity index is 779. The summed E-state index contributed by atoms with van der Waals surface area (Å²) in [7, 11) is 0. The highest BCUT2D eigenvalue weighted by Crippen LogP contribution is 2.26. The third-order valence-electron chi connectivity index (χ3n) is 4.25. The van der Waals surface area contributed by atoms with Crippen LogP contribution in [0.3, 0.4) is 0 Å². The summed E-state index contributed by atoms with van der Waals surface area (Å²) in [5.74, 6) is -1.91. The van der Waals surface area contributed by atoms with Gasteiger partial charge in [0.15, 0.2) is 0 Å². The van der Waals surface area contributed by atoms with Gasteiger partial charge in [0, 0.05) is 18.7 Å². The summed E-state index contributed by atoms with van der Waals surface area (Å²) in [5.41, 5.74) is 0.776. The lowest BCUT2D eigenvalue weighted by molar-refractivity contribution is -0.134. The minimum absolute atomic E-state index is 0.0341. The maximum atomic E-state index is 13.9. The molecule has 0 fully saturated rings. The SMILES string of the molecule is O=C(CC(O)c1cccc(F)c1)N1CCc2c(F)ccc(F)c2C1. The van der Waals surface area contributed by atoms with E-state index in [0.717, 1.165) is 12.1 Å². The molecule has 126 valence electrons. The van der Waals surface area contributed by atoms with Crippen molar-refractivity contribution in [3.63, 3.8) is 0 Å². The standard InChI is InChI=1S/C18H16F3NO2/c19-12-3-1-2-11(8-12)17(23)9-18(24)22-7-6-13-14(10-22)16(21)5-4-15(13)20/h1-5,8,17,23H,6-7,9-10H2. The molecule has 0 radical (unpaired) electrons. The predicted molar refractivity (Wildman–Crippen MR) is 81.5 cm³/mol. The van der Waals surface area contributed by atoms with Crippen molar-refractivity contribution in [1.82, 2.24) is 4.90 Å². The number of aliphatic hydroxyl groups excluding tert-OH is 1. The second kappa shape index (κ2) is 6.65. The van der Waals surface area contributed by atoms with Crippen LogP contribution in [0.15, 0.2) is 36.4 Å². The van der Waals surface area contributed by atoms with Gasteiger partial charge in [-0.15, -0.1) is 0 Å². The third kappa shape index (κ3) is 3.28. The molecule has 3 rings (SSSR count). The molecule has 0 saturated carbocycles. The molecule has 0 aliphatic carbocycles. The van der Waals surface area contributed by atoms with E-state index in [4.69, 9.17) is 0 Å². The van der Waals surface area contributed by atoms with E-state index < -0.39 is 23.6 Å². The lowest BCUT2D eigenvalue weighted by Crippen LogP contribution is -2.37. The van der Waals surface area contributed by atoms with E-state index in [-0.39, 0.29) is 37.4 Å². The summed E-state index contributed by atoms with van der Waals surface area (Å²) < 4.78 is 40.8. The summed E-state index contributed by atoms with van der Waals surface area (Å²) in [6.07, 6.45) is -1.16. The maximum Gasteiger partial charge on any atom is 0.225 e. The normalized spacial score (nSPS) is 15.1. The smallest absolute Gasteiger partial charge is 0.225 e. The Kier molecular flexibility index (Phi) is 4.57. The van der Waals surface area contributed by atoms with E-state index in [1.165, 1.54) is 29.2 Å². The maximum absolute atomic E-state index is 13.9. The van der Waals surface area contributed by atoms with Crippen molar-refractivity contribution in [1.29, 1.82) is 0 Å². The number of amides is 1. The average molecular weight is 335 g/mol. The minimum Gasteiger partial charge on any atom is -0.388 e. The first kappa shape index (κ1) is 16.5. The molecule has 1 heterocycles. The zero-order valence-corrected chi connectivity index (χ0v) is 12.8. The minimum atomic E-state index is -1.15. The van der Waals surface area contributed by atoms with Gasteiger partial charge in [0.25, 0.3) is 0 Å². The number of carbonyl (C=O) groups is 1. The third-order valence-corrected chi connectivity index (χ3v) is 4.25. The van der Waals surface area contributed by atoms with Crippen LogP contribution in [-0.4, -0.2) is 22.5 Å². The molecule has 3 nitrogen and oxygen atoms in total. The molecule has 0 aromatic heterocycles. The molecule has 24 heavy (non-hydrogen) atoms. The van der Waals surface area contributed by atoms with Crippen molar-refractivity contribution in [3.8, 4) is 0 Å². The highest BCUT2D eigenvalue weighted by Gasteiger charge is 2.26. The van der Waals surface area contributed by atoms with Crippen molar-refractivity contribution >= 4 is 5.91 Å². The number of carbonyl (C=O) groups excluding carboxylic acids is 1. The monoisotopic (exact) mass is 335 g/mol. The van der Waals surface area contributed by atoms with Crippen molar-refractivity contribution in [2.75, 3.05) is 6.54 Å². The van der Waals surface area contributed by atoms with Crippen LogP contribution in [-0.2, 0) is 17.8 Å². The van der Waals surface area contributed by atoms with Gasteiger partial charge in [0.2, 0.25) is 5.91 Å². The van der Waals surface area contributed by atoms with Crippen LogP contribution in [0.25, 0.3) is 0 Å². The molecule has 1 amide bonds. The second-order valence-electron chi connectivity index (χ2n) is 5.83. The molecule has 1 unspecified atom stereocenters. The van der Waals surface area contributed by atoms with Crippen LogP contribution < -0.4 is 0 Å². The average Bonchev–Trinajstić information content (AvgIpc) is 2.58. The summed E-state index contributed by atoms with van der Waals surface area (Å²) in [6.45, 7) is 0.218. The molecule has 1 aliphatic rings. The number of halogens is 3. The van der Waals surface area contributed by atoms with Gasteiger partial charge in [0.05, 0.1) is 12.5 Å². The molecule has 6 heteroatoms. The lowest BCUT2D eigenvalue weighted by atomic mass is 9.97. The molecule has 0 bridgehead atoms. The van der Waals surface area contributed by atoms with Gasteiger partial charge in [-0.2, -0.15) is 0 Å². The largest absolute Gasteiger partial charge is 0.388 e. The van der Waals surface area contributed by atoms with Crippen LogP contribution in [0.4, 0.5) is 13.2 Å². The van der Waals surface area contributed by atoms with E-state index in [9.17, 15) is 23.1 Å². The number of hydrogen-bond acceptors (Lipinski definition) is 2. The van der Waals surface area contributed by atoms with Crippen LogP contribution in [0.5, 0.6) is 0 Å². The summed E-state index contributed by atoms with van der Waals surface area (Å²) >= 11 is 0. The summed E-state index contributed by atoms with van der Waals surface area (Å²) in [4.78, 5) is 13.7. The highest BCUT2D eigenvalue weighted by molar-refractivity contribution is 5.77. The molecule has 2 aromatic carbocycles. The van der Waals surface area contributed by atoms with Gasteiger partial charge in [-0.25, -0.2) is 13.2 Å². The molecule has 0 spiro atoms. The van der Waals surface area contributed by atoms with Gasteiger partial charge < -0.3 is 10.0 Å². The van der Waals surface area contributed by atoms with Gasteiger partial charge in [-0.05, 0) is 41.8 Å². The van der Waals surface area contributed by atoms with E-state index in [1.807, 2.05) is 0 Å². The fourth-order valence-corrected chi connectivity index (χ4v) is 2.93. The molecule has 1 aliphatic heterocycles. The van der Waals surface area contributed by atoms with E-state index >= 15 is 0 Å². The van der Waals surface area contributed by atoms with Gasteiger partial charge in [-0.3, -0.25) is 4.79 Å².